The summed E-state index contributed by atoms with van der Waals surface area (Å²) in [7, 11) is 0. The molecule has 0 atom stereocenters. The number of carbonyl (C=O) groups excluding carboxylic acids is 3. The van der Waals surface area contributed by atoms with Crippen molar-refractivity contribution in [3.8, 4) is 0 Å². The number of rotatable bonds is 5. The lowest BCUT2D eigenvalue weighted by atomic mass is 9.99. The van der Waals surface area contributed by atoms with Crippen LogP contribution in [0.3, 0.4) is 0 Å². The lowest BCUT2D eigenvalue weighted by Gasteiger charge is -2.32. The largest absolute Gasteiger partial charge is 0.367 e. The van der Waals surface area contributed by atoms with Crippen LogP contribution in [0.25, 0.3) is 0 Å². The molecule has 3 amide bonds. The second kappa shape index (κ2) is 9.22. The summed E-state index contributed by atoms with van der Waals surface area (Å²) in [6.07, 6.45) is 3.47. The molecule has 172 valence electrons. The zero-order valence-corrected chi connectivity index (χ0v) is 19.8. The summed E-state index contributed by atoms with van der Waals surface area (Å²) < 4.78 is 0. The number of amides is 3. The van der Waals surface area contributed by atoms with E-state index in [0.717, 1.165) is 42.6 Å². The molecule has 1 saturated heterocycles. The Hall–Kier alpha value is -3.41. The summed E-state index contributed by atoms with van der Waals surface area (Å²) in [4.78, 5) is 41.4. The van der Waals surface area contributed by atoms with Crippen molar-refractivity contribution in [2.45, 2.75) is 47.1 Å². The first-order valence-corrected chi connectivity index (χ1v) is 11.5. The number of benzene rings is 2. The van der Waals surface area contributed by atoms with Gasteiger partial charge >= 0.3 is 0 Å². The van der Waals surface area contributed by atoms with Crippen molar-refractivity contribution in [3.05, 3.63) is 76.0 Å². The van der Waals surface area contributed by atoms with Crippen molar-refractivity contribution in [1.29, 1.82) is 0 Å². The number of anilines is 1. The molecule has 2 aliphatic rings. The fourth-order valence-electron chi connectivity index (χ4n) is 4.70. The third-order valence-electron chi connectivity index (χ3n) is 6.68. The third kappa shape index (κ3) is 4.70. The van der Waals surface area contributed by atoms with Gasteiger partial charge in [-0.25, -0.2) is 4.90 Å². The standard InChI is InChI=1S/C27H31N3O3/c1-17-9-11-29(12-10-17)24-15-25(31)30(27(24)33)22-7-5-21(6-8-22)26(32)28-16-23-19(3)13-18(2)14-20(23)4/h5-8,13-15,17H,9-12,16H2,1-4H3,(H,28,32). The molecule has 2 heterocycles. The van der Waals surface area contributed by atoms with Gasteiger partial charge in [0.1, 0.15) is 5.70 Å². The van der Waals surface area contributed by atoms with Gasteiger partial charge in [-0.3, -0.25) is 14.4 Å². The molecular weight excluding hydrogens is 414 g/mol. The first-order chi connectivity index (χ1) is 15.7. The molecule has 0 aliphatic carbocycles. The van der Waals surface area contributed by atoms with Crippen LogP contribution in [-0.4, -0.2) is 35.7 Å². The van der Waals surface area contributed by atoms with Gasteiger partial charge in [-0.15, -0.1) is 0 Å². The van der Waals surface area contributed by atoms with Crippen LogP contribution in [0, 0.1) is 26.7 Å². The van der Waals surface area contributed by atoms with Gasteiger partial charge in [0.15, 0.2) is 0 Å². The average Bonchev–Trinajstić information content (AvgIpc) is 3.07. The number of piperidine rings is 1. The highest BCUT2D eigenvalue weighted by molar-refractivity contribution is 6.30. The number of aryl methyl sites for hydroxylation is 3. The normalized spacial score (nSPS) is 16.9. The average molecular weight is 446 g/mol. The molecule has 2 aromatic carbocycles. The maximum atomic E-state index is 13.0. The SMILES string of the molecule is Cc1cc(C)c(CNC(=O)c2ccc(N3C(=O)C=C(N4CCC(C)CC4)C3=O)cc2)c(C)c1. The Morgan fingerprint density at radius 1 is 1.00 bits per heavy atom. The van der Waals surface area contributed by atoms with Crippen molar-refractivity contribution >= 4 is 23.4 Å². The summed E-state index contributed by atoms with van der Waals surface area (Å²) in [6.45, 7) is 10.4. The highest BCUT2D eigenvalue weighted by atomic mass is 16.2. The zero-order chi connectivity index (χ0) is 23.7. The van der Waals surface area contributed by atoms with Crippen LogP contribution in [0.2, 0.25) is 0 Å². The van der Waals surface area contributed by atoms with Crippen LogP contribution in [0.1, 0.15) is 52.4 Å². The number of nitrogens with one attached hydrogen (secondary N) is 1. The predicted octanol–water partition coefficient (Wildman–Crippen LogP) is 4.03. The molecule has 1 fully saturated rings. The number of hydrogen-bond donors (Lipinski definition) is 1. The quantitative estimate of drug-likeness (QED) is 0.706. The lowest BCUT2D eigenvalue weighted by molar-refractivity contribution is -0.121. The summed E-state index contributed by atoms with van der Waals surface area (Å²) >= 11 is 0. The topological polar surface area (TPSA) is 69.7 Å². The molecular formula is C27H31N3O3. The van der Waals surface area contributed by atoms with Crippen molar-refractivity contribution in [3.63, 3.8) is 0 Å². The molecule has 6 nitrogen and oxygen atoms in total. The van der Waals surface area contributed by atoms with E-state index in [1.54, 1.807) is 24.3 Å². The van der Waals surface area contributed by atoms with Crippen LogP contribution >= 0.6 is 0 Å². The van der Waals surface area contributed by atoms with Gasteiger partial charge in [0, 0.05) is 31.3 Å². The number of imide groups is 1. The minimum absolute atomic E-state index is 0.193. The summed E-state index contributed by atoms with van der Waals surface area (Å²) in [5.41, 5.74) is 6.06. The van der Waals surface area contributed by atoms with E-state index in [1.165, 1.54) is 16.5 Å². The Morgan fingerprint density at radius 3 is 2.21 bits per heavy atom. The van der Waals surface area contributed by atoms with Gasteiger partial charge in [0.05, 0.1) is 5.69 Å². The molecule has 33 heavy (non-hydrogen) atoms. The molecule has 0 radical (unpaired) electrons. The van der Waals surface area contributed by atoms with Gasteiger partial charge in [-0.05, 0) is 80.5 Å². The smallest absolute Gasteiger partial charge is 0.281 e. The fourth-order valence-corrected chi connectivity index (χ4v) is 4.70. The van der Waals surface area contributed by atoms with Crippen molar-refractivity contribution < 1.29 is 14.4 Å². The maximum absolute atomic E-state index is 13.0. The Labute approximate surface area is 195 Å². The van der Waals surface area contributed by atoms with E-state index < -0.39 is 0 Å². The van der Waals surface area contributed by atoms with E-state index in [0.29, 0.717) is 29.4 Å². The van der Waals surface area contributed by atoms with E-state index in [2.05, 4.69) is 31.3 Å². The minimum atomic E-state index is -0.337. The van der Waals surface area contributed by atoms with Crippen LogP contribution in [0.5, 0.6) is 0 Å². The predicted molar refractivity (Wildman–Crippen MR) is 129 cm³/mol. The van der Waals surface area contributed by atoms with Crippen molar-refractivity contribution in [1.82, 2.24) is 10.2 Å². The first kappa shape index (κ1) is 22.8. The van der Waals surface area contributed by atoms with Gasteiger partial charge in [0.25, 0.3) is 17.7 Å². The Kier molecular flexibility index (Phi) is 6.36. The van der Waals surface area contributed by atoms with Crippen molar-refractivity contribution in [2.75, 3.05) is 18.0 Å². The molecule has 0 saturated carbocycles. The lowest BCUT2D eigenvalue weighted by Crippen LogP contribution is -2.38. The molecule has 2 aliphatic heterocycles. The highest BCUT2D eigenvalue weighted by Crippen LogP contribution is 2.28. The van der Waals surface area contributed by atoms with E-state index in [4.69, 9.17) is 0 Å². The Balaban J connectivity index is 1.41. The van der Waals surface area contributed by atoms with Crippen molar-refractivity contribution in [2.24, 2.45) is 5.92 Å². The van der Waals surface area contributed by atoms with Gasteiger partial charge < -0.3 is 10.2 Å². The van der Waals surface area contributed by atoms with Crippen LogP contribution in [-0.2, 0) is 16.1 Å². The number of nitrogens with zero attached hydrogens (tertiary/aromatic N) is 2. The van der Waals surface area contributed by atoms with Crippen LogP contribution in [0.15, 0.2) is 48.2 Å². The Bertz CT molecular complexity index is 1100. The summed E-state index contributed by atoms with van der Waals surface area (Å²) in [6, 6.07) is 10.8. The molecule has 1 N–H and O–H groups in total. The first-order valence-electron chi connectivity index (χ1n) is 11.5. The molecule has 0 spiro atoms. The molecule has 0 aromatic heterocycles. The highest BCUT2D eigenvalue weighted by Gasteiger charge is 2.36. The number of hydrogen-bond acceptors (Lipinski definition) is 4. The summed E-state index contributed by atoms with van der Waals surface area (Å²) in [5, 5.41) is 2.97. The second-order valence-electron chi connectivity index (χ2n) is 9.28. The van der Waals surface area contributed by atoms with Gasteiger partial charge in [0.2, 0.25) is 0 Å². The molecule has 4 rings (SSSR count). The molecule has 2 aromatic rings. The monoisotopic (exact) mass is 445 g/mol. The number of carbonyl (C=O) groups is 3. The molecule has 0 unspecified atom stereocenters. The molecule has 0 bridgehead atoms. The van der Waals surface area contributed by atoms with E-state index in [9.17, 15) is 14.4 Å². The summed E-state index contributed by atoms with van der Waals surface area (Å²) in [5.74, 6) is -0.183. The fraction of sp³-hybridized carbons (Fsp3) is 0.370. The van der Waals surface area contributed by atoms with Crippen LogP contribution in [0.4, 0.5) is 5.69 Å². The van der Waals surface area contributed by atoms with E-state index in [1.807, 2.05) is 18.7 Å². The van der Waals surface area contributed by atoms with Gasteiger partial charge in [-0.1, -0.05) is 24.6 Å². The van der Waals surface area contributed by atoms with E-state index in [-0.39, 0.29) is 17.7 Å². The third-order valence-corrected chi connectivity index (χ3v) is 6.68. The number of likely N-dealkylation sites (tertiary alicyclic amines) is 1. The molecule has 6 heteroatoms. The minimum Gasteiger partial charge on any atom is -0.367 e. The Morgan fingerprint density at radius 2 is 1.61 bits per heavy atom. The maximum Gasteiger partial charge on any atom is 0.281 e. The van der Waals surface area contributed by atoms with Crippen LogP contribution < -0.4 is 10.2 Å². The van der Waals surface area contributed by atoms with Gasteiger partial charge in [-0.2, -0.15) is 0 Å². The zero-order valence-electron chi connectivity index (χ0n) is 19.8. The second-order valence-corrected chi connectivity index (χ2v) is 9.28. The van der Waals surface area contributed by atoms with E-state index >= 15 is 0 Å².